The Hall–Kier alpha value is -2.60. The summed E-state index contributed by atoms with van der Waals surface area (Å²) in [7, 11) is 0. The van der Waals surface area contributed by atoms with Gasteiger partial charge in [-0.15, -0.1) is 0 Å². The van der Waals surface area contributed by atoms with E-state index in [0.717, 1.165) is 24.9 Å². The standard InChI is InChI=1S/C27H38N4O2/c1-4-5-13-25(30-18(2)9-8-10-19(30)3)31-23-12-7-6-11-20(23)16-21(27(31)32)17-22-14-15-24(33-22)26(28)29/h6-7,11-12,14-15,18-19,21,25H,4-5,8-10,13,16-17H2,1-3H3,(H3,28,29)/t18-,19+,21?,25?. The molecule has 4 rings (SSSR count). The minimum Gasteiger partial charge on any atom is -0.458 e. The van der Waals surface area contributed by atoms with Crippen LogP contribution in [-0.4, -0.2) is 34.9 Å². The Morgan fingerprint density at radius 1 is 1.18 bits per heavy atom. The Bertz CT molecular complexity index is 974. The predicted molar refractivity (Wildman–Crippen MR) is 132 cm³/mol. The number of hydrogen-bond donors (Lipinski definition) is 2. The van der Waals surface area contributed by atoms with Crippen molar-refractivity contribution in [3.63, 3.8) is 0 Å². The second kappa shape index (κ2) is 10.1. The lowest BCUT2D eigenvalue weighted by molar-refractivity contribution is -0.125. The Morgan fingerprint density at radius 3 is 2.58 bits per heavy atom. The Kier molecular flexibility index (Phi) is 7.23. The van der Waals surface area contributed by atoms with Gasteiger partial charge in [0.25, 0.3) is 0 Å². The highest BCUT2D eigenvalue weighted by atomic mass is 16.3. The van der Waals surface area contributed by atoms with Gasteiger partial charge in [0.2, 0.25) is 5.91 Å². The number of unbranched alkanes of at least 4 members (excludes halogenated alkanes) is 1. The molecule has 0 radical (unpaired) electrons. The molecule has 1 aromatic heterocycles. The van der Waals surface area contributed by atoms with E-state index in [1.54, 1.807) is 6.07 Å². The molecule has 3 heterocycles. The summed E-state index contributed by atoms with van der Waals surface area (Å²) in [5.74, 6) is 0.979. The van der Waals surface area contributed by atoms with Crippen molar-refractivity contribution in [2.75, 3.05) is 4.90 Å². The zero-order valence-corrected chi connectivity index (χ0v) is 20.2. The van der Waals surface area contributed by atoms with Crippen LogP contribution in [0, 0.1) is 11.3 Å². The quantitative estimate of drug-likeness (QED) is 0.433. The molecule has 0 saturated carbocycles. The smallest absolute Gasteiger partial charge is 0.232 e. The number of hydrogen-bond acceptors (Lipinski definition) is 4. The predicted octanol–water partition coefficient (Wildman–Crippen LogP) is 5.09. The second-order valence-corrected chi connectivity index (χ2v) is 9.82. The molecule has 1 fully saturated rings. The lowest BCUT2D eigenvalue weighted by Gasteiger charge is -2.50. The molecule has 33 heavy (non-hydrogen) atoms. The third kappa shape index (κ3) is 4.86. The molecule has 1 amide bonds. The summed E-state index contributed by atoms with van der Waals surface area (Å²) in [4.78, 5) is 18.8. The summed E-state index contributed by atoms with van der Waals surface area (Å²) >= 11 is 0. The van der Waals surface area contributed by atoms with Crippen LogP contribution in [0.4, 0.5) is 5.69 Å². The van der Waals surface area contributed by atoms with E-state index >= 15 is 0 Å². The number of carbonyl (C=O) groups is 1. The third-order valence-corrected chi connectivity index (χ3v) is 7.40. The van der Waals surface area contributed by atoms with E-state index in [1.165, 1.54) is 24.8 Å². The first-order valence-corrected chi connectivity index (χ1v) is 12.5. The molecule has 2 unspecified atom stereocenters. The monoisotopic (exact) mass is 450 g/mol. The number of benzene rings is 1. The molecule has 6 nitrogen and oxygen atoms in total. The number of piperidine rings is 1. The van der Waals surface area contributed by atoms with Crippen molar-refractivity contribution in [2.45, 2.75) is 90.4 Å². The number of nitrogens with zero attached hydrogens (tertiary/aromatic N) is 2. The molecule has 1 aromatic carbocycles. The molecule has 1 saturated heterocycles. The number of likely N-dealkylation sites (tertiary alicyclic amines) is 1. The zero-order chi connectivity index (χ0) is 23.5. The number of amides is 1. The van der Waals surface area contributed by atoms with Crippen LogP contribution in [0.5, 0.6) is 0 Å². The van der Waals surface area contributed by atoms with Crippen LogP contribution in [0.15, 0.2) is 40.8 Å². The van der Waals surface area contributed by atoms with Crippen molar-refractivity contribution in [3.8, 4) is 0 Å². The number of fused-ring (bicyclic) bond motifs is 1. The van der Waals surface area contributed by atoms with Crippen molar-refractivity contribution in [3.05, 3.63) is 53.5 Å². The molecule has 4 atom stereocenters. The first-order chi connectivity index (χ1) is 15.9. The van der Waals surface area contributed by atoms with Crippen molar-refractivity contribution in [1.29, 1.82) is 5.41 Å². The van der Waals surface area contributed by atoms with Crippen LogP contribution in [0.3, 0.4) is 0 Å². The Morgan fingerprint density at radius 2 is 1.91 bits per heavy atom. The molecule has 0 aliphatic carbocycles. The van der Waals surface area contributed by atoms with E-state index in [2.05, 4.69) is 48.8 Å². The maximum Gasteiger partial charge on any atom is 0.232 e. The Balaban J connectivity index is 1.69. The van der Waals surface area contributed by atoms with E-state index in [4.69, 9.17) is 15.6 Å². The van der Waals surface area contributed by atoms with Crippen molar-refractivity contribution < 1.29 is 9.21 Å². The molecule has 2 aromatic rings. The SMILES string of the molecule is CCCCC(N1C(=O)C(Cc2ccc(C(=N)N)o2)Cc2ccccc21)N1[C@H](C)CCC[C@@H]1C. The molecule has 3 N–H and O–H groups in total. The molecule has 2 aliphatic heterocycles. The number of furan rings is 1. The van der Waals surface area contributed by atoms with Gasteiger partial charge in [-0.3, -0.25) is 20.0 Å². The highest BCUT2D eigenvalue weighted by molar-refractivity contribution is 5.98. The molecule has 6 heteroatoms. The van der Waals surface area contributed by atoms with Gasteiger partial charge in [-0.1, -0.05) is 44.4 Å². The number of anilines is 1. The molecule has 0 spiro atoms. The lowest BCUT2D eigenvalue weighted by atomic mass is 9.87. The number of amidine groups is 1. The van der Waals surface area contributed by atoms with E-state index in [9.17, 15) is 4.79 Å². The van der Waals surface area contributed by atoms with Crippen molar-refractivity contribution in [2.24, 2.45) is 11.7 Å². The fraction of sp³-hybridized carbons (Fsp3) is 0.556. The summed E-state index contributed by atoms with van der Waals surface area (Å²) in [5, 5.41) is 7.61. The van der Waals surface area contributed by atoms with Gasteiger partial charge >= 0.3 is 0 Å². The second-order valence-electron chi connectivity index (χ2n) is 9.82. The summed E-state index contributed by atoms with van der Waals surface area (Å²) < 4.78 is 5.76. The van der Waals surface area contributed by atoms with Crippen LogP contribution in [-0.2, 0) is 17.6 Å². The number of carbonyl (C=O) groups excluding carboxylic acids is 1. The molecule has 0 bridgehead atoms. The maximum absolute atomic E-state index is 14.1. The summed E-state index contributed by atoms with van der Waals surface area (Å²) in [6.07, 6.45) is 8.08. The molecular weight excluding hydrogens is 412 g/mol. The molecule has 2 aliphatic rings. The number of nitrogen functional groups attached to an aromatic ring is 1. The van der Waals surface area contributed by atoms with Gasteiger partial charge in [-0.25, -0.2) is 0 Å². The number of rotatable bonds is 8. The minimum absolute atomic E-state index is 0.0658. The van der Waals surface area contributed by atoms with Gasteiger partial charge in [0, 0.05) is 30.1 Å². The van der Waals surface area contributed by atoms with Gasteiger partial charge in [0.15, 0.2) is 11.6 Å². The lowest BCUT2D eigenvalue weighted by Crippen LogP contribution is -2.60. The van der Waals surface area contributed by atoms with Crippen LogP contribution >= 0.6 is 0 Å². The fourth-order valence-electron chi connectivity index (χ4n) is 5.76. The minimum atomic E-state index is -0.189. The Labute approximate surface area is 197 Å². The normalized spacial score (nSPS) is 24.5. The first kappa shape index (κ1) is 23.6. The van der Waals surface area contributed by atoms with Crippen LogP contribution < -0.4 is 10.6 Å². The average molecular weight is 451 g/mol. The third-order valence-electron chi connectivity index (χ3n) is 7.40. The van der Waals surface area contributed by atoms with E-state index in [0.29, 0.717) is 36.4 Å². The molecular formula is C27H38N4O2. The summed E-state index contributed by atoms with van der Waals surface area (Å²) in [6, 6.07) is 12.9. The topological polar surface area (TPSA) is 86.6 Å². The van der Waals surface area contributed by atoms with E-state index < -0.39 is 0 Å². The summed E-state index contributed by atoms with van der Waals surface area (Å²) in [5.41, 5.74) is 7.86. The van der Waals surface area contributed by atoms with Gasteiger partial charge in [-0.2, -0.15) is 0 Å². The van der Waals surface area contributed by atoms with Crippen LogP contribution in [0.1, 0.15) is 76.4 Å². The first-order valence-electron chi connectivity index (χ1n) is 12.5. The number of para-hydroxylation sites is 1. The van der Waals surface area contributed by atoms with Crippen LogP contribution in [0.2, 0.25) is 0 Å². The molecule has 178 valence electrons. The fourth-order valence-corrected chi connectivity index (χ4v) is 5.76. The average Bonchev–Trinajstić information content (AvgIpc) is 3.26. The highest BCUT2D eigenvalue weighted by Crippen LogP contribution is 2.38. The van der Waals surface area contributed by atoms with Crippen molar-refractivity contribution >= 4 is 17.4 Å². The van der Waals surface area contributed by atoms with Gasteiger partial charge < -0.3 is 10.2 Å². The number of nitrogens with two attached hydrogens (primary N) is 1. The zero-order valence-electron chi connectivity index (χ0n) is 20.2. The van der Waals surface area contributed by atoms with Gasteiger partial charge in [0.05, 0.1) is 6.17 Å². The van der Waals surface area contributed by atoms with Crippen LogP contribution in [0.25, 0.3) is 0 Å². The van der Waals surface area contributed by atoms with E-state index in [-0.39, 0.29) is 23.8 Å². The van der Waals surface area contributed by atoms with Crippen molar-refractivity contribution in [1.82, 2.24) is 4.90 Å². The summed E-state index contributed by atoms with van der Waals surface area (Å²) in [6.45, 7) is 6.86. The highest BCUT2D eigenvalue weighted by Gasteiger charge is 2.42. The maximum atomic E-state index is 14.1. The largest absolute Gasteiger partial charge is 0.458 e. The van der Waals surface area contributed by atoms with Gasteiger partial charge in [-0.05, 0) is 63.3 Å². The van der Waals surface area contributed by atoms with Gasteiger partial charge in [0.1, 0.15) is 5.76 Å². The van der Waals surface area contributed by atoms with E-state index in [1.807, 2.05) is 12.1 Å². The number of nitrogens with one attached hydrogen (secondary N) is 1.